The van der Waals surface area contributed by atoms with Gasteiger partial charge in [0.25, 0.3) is 0 Å². The third-order valence-corrected chi connectivity index (χ3v) is 3.51. The van der Waals surface area contributed by atoms with Crippen molar-refractivity contribution in [1.82, 2.24) is 0 Å². The highest BCUT2D eigenvalue weighted by Gasteiger charge is 2.22. The number of aromatic carboxylic acids is 1. The van der Waals surface area contributed by atoms with Gasteiger partial charge in [0.15, 0.2) is 6.10 Å². The van der Waals surface area contributed by atoms with Gasteiger partial charge in [0.2, 0.25) is 0 Å². The molecule has 0 aromatic heterocycles. The van der Waals surface area contributed by atoms with E-state index in [1.165, 1.54) is 6.07 Å². The van der Waals surface area contributed by atoms with Crippen molar-refractivity contribution in [3.8, 4) is 5.75 Å². The number of carboxylic acids is 2. The molecule has 0 aliphatic carbocycles. The van der Waals surface area contributed by atoms with Crippen LogP contribution < -0.4 is 4.74 Å². The van der Waals surface area contributed by atoms with Gasteiger partial charge in [-0.2, -0.15) is 12.6 Å². The summed E-state index contributed by atoms with van der Waals surface area (Å²) < 4.78 is 5.51. The van der Waals surface area contributed by atoms with Crippen molar-refractivity contribution >= 4 is 24.6 Å². The summed E-state index contributed by atoms with van der Waals surface area (Å²) in [7, 11) is 0. The van der Waals surface area contributed by atoms with Crippen LogP contribution in [0.15, 0.2) is 18.2 Å². The highest BCUT2D eigenvalue weighted by molar-refractivity contribution is 7.80. The molecular weight excluding hydrogens is 304 g/mol. The van der Waals surface area contributed by atoms with E-state index < -0.39 is 18.0 Å². The van der Waals surface area contributed by atoms with E-state index in [0.717, 1.165) is 5.56 Å². The van der Waals surface area contributed by atoms with Gasteiger partial charge in [-0.1, -0.05) is 20.8 Å². The largest absolute Gasteiger partial charge is 0.479 e. The van der Waals surface area contributed by atoms with Gasteiger partial charge in [0.1, 0.15) is 5.75 Å². The fourth-order valence-corrected chi connectivity index (χ4v) is 2.08. The Morgan fingerprint density at radius 3 is 2.32 bits per heavy atom. The molecule has 0 aliphatic rings. The molecule has 0 radical (unpaired) electrons. The van der Waals surface area contributed by atoms with Gasteiger partial charge < -0.3 is 14.9 Å². The first kappa shape index (κ1) is 18.4. The lowest BCUT2D eigenvalue weighted by molar-refractivity contribution is -0.145. The normalized spacial score (nSPS) is 12.7. The molecule has 0 spiro atoms. The average Bonchev–Trinajstić information content (AvgIpc) is 2.41. The summed E-state index contributed by atoms with van der Waals surface area (Å²) in [6, 6.07) is 4.63. The Kier molecular flexibility index (Phi) is 6.29. The van der Waals surface area contributed by atoms with E-state index in [0.29, 0.717) is 18.6 Å². The molecule has 2 N–H and O–H groups in total. The Balaban J connectivity index is 3.14. The second kappa shape index (κ2) is 7.54. The molecule has 0 aliphatic heterocycles. The van der Waals surface area contributed by atoms with Gasteiger partial charge in [0.05, 0.1) is 5.56 Å². The maximum absolute atomic E-state index is 11.2. The van der Waals surface area contributed by atoms with Crippen LogP contribution in [-0.4, -0.2) is 34.0 Å². The molecule has 1 atom stereocenters. The van der Waals surface area contributed by atoms with Gasteiger partial charge >= 0.3 is 11.9 Å². The smallest absolute Gasteiger partial charge is 0.344 e. The van der Waals surface area contributed by atoms with Crippen molar-refractivity contribution in [2.24, 2.45) is 0 Å². The standard InChI is InChI=1S/C16H22O5S/c1-16(2,3)11-7-10(14(17)18)8-12(9-11)21-13(15(19)20)5-4-6-22/h7-9,13,22H,4-6H2,1-3H3,(H,17,18)(H,19,20). The van der Waals surface area contributed by atoms with Crippen LogP contribution in [0.4, 0.5) is 0 Å². The fraction of sp³-hybridized carbons (Fsp3) is 0.500. The number of carboxylic acid groups (broad SMARTS) is 2. The van der Waals surface area contributed by atoms with Crippen molar-refractivity contribution in [2.45, 2.75) is 45.1 Å². The molecule has 122 valence electrons. The maximum atomic E-state index is 11.2. The Bertz CT molecular complexity index is 548. The lowest BCUT2D eigenvalue weighted by Gasteiger charge is -2.22. The van der Waals surface area contributed by atoms with E-state index in [1.54, 1.807) is 12.1 Å². The van der Waals surface area contributed by atoms with Crippen LogP contribution in [0.2, 0.25) is 0 Å². The number of carbonyl (C=O) groups is 2. The molecule has 5 nitrogen and oxygen atoms in total. The van der Waals surface area contributed by atoms with Gasteiger partial charge in [-0.25, -0.2) is 9.59 Å². The molecule has 6 heteroatoms. The molecule has 0 heterocycles. The number of rotatable bonds is 7. The second-order valence-corrected chi connectivity index (χ2v) is 6.56. The average molecular weight is 326 g/mol. The first-order valence-electron chi connectivity index (χ1n) is 7.04. The zero-order valence-electron chi connectivity index (χ0n) is 13.0. The van der Waals surface area contributed by atoms with E-state index in [9.17, 15) is 19.8 Å². The lowest BCUT2D eigenvalue weighted by atomic mass is 9.86. The summed E-state index contributed by atoms with van der Waals surface area (Å²) in [4.78, 5) is 22.5. The van der Waals surface area contributed by atoms with Crippen molar-refractivity contribution in [3.63, 3.8) is 0 Å². The SMILES string of the molecule is CC(C)(C)c1cc(OC(CCCS)C(=O)O)cc(C(=O)O)c1. The zero-order valence-corrected chi connectivity index (χ0v) is 13.9. The molecule has 1 aromatic rings. The highest BCUT2D eigenvalue weighted by Crippen LogP contribution is 2.28. The van der Waals surface area contributed by atoms with Crippen LogP contribution in [0.5, 0.6) is 5.75 Å². The van der Waals surface area contributed by atoms with Crippen LogP contribution in [0.3, 0.4) is 0 Å². The number of benzene rings is 1. The molecule has 1 rings (SSSR count). The first-order valence-corrected chi connectivity index (χ1v) is 7.67. The van der Waals surface area contributed by atoms with Gasteiger partial charge in [-0.15, -0.1) is 0 Å². The number of hydrogen-bond donors (Lipinski definition) is 3. The third kappa shape index (κ3) is 5.26. The van der Waals surface area contributed by atoms with Crippen LogP contribution in [0.1, 0.15) is 49.5 Å². The zero-order chi connectivity index (χ0) is 16.9. The van der Waals surface area contributed by atoms with Crippen molar-refractivity contribution in [3.05, 3.63) is 29.3 Å². The quantitative estimate of drug-likeness (QED) is 0.670. The molecule has 0 bridgehead atoms. The molecule has 0 amide bonds. The third-order valence-electron chi connectivity index (χ3n) is 3.20. The summed E-state index contributed by atoms with van der Waals surface area (Å²) in [5.41, 5.74) is 0.592. The van der Waals surface area contributed by atoms with Crippen molar-refractivity contribution < 1.29 is 24.5 Å². The summed E-state index contributed by atoms with van der Waals surface area (Å²) >= 11 is 4.06. The molecule has 1 unspecified atom stereocenters. The topological polar surface area (TPSA) is 83.8 Å². The van der Waals surface area contributed by atoms with Gasteiger partial charge in [-0.3, -0.25) is 0 Å². The summed E-state index contributed by atoms with van der Waals surface area (Å²) in [5, 5.41) is 18.4. The lowest BCUT2D eigenvalue weighted by Crippen LogP contribution is -2.27. The predicted octanol–water partition coefficient (Wildman–Crippen LogP) is 3.22. The van der Waals surface area contributed by atoms with Crippen molar-refractivity contribution in [1.29, 1.82) is 0 Å². The highest BCUT2D eigenvalue weighted by atomic mass is 32.1. The molecule has 22 heavy (non-hydrogen) atoms. The van der Waals surface area contributed by atoms with E-state index in [2.05, 4.69) is 12.6 Å². The van der Waals surface area contributed by atoms with E-state index in [-0.39, 0.29) is 16.7 Å². The summed E-state index contributed by atoms with van der Waals surface area (Å²) in [6.07, 6.45) is -0.0877. The molecule has 0 fully saturated rings. The van der Waals surface area contributed by atoms with E-state index >= 15 is 0 Å². The van der Waals surface area contributed by atoms with Gasteiger partial charge in [0, 0.05) is 0 Å². The summed E-state index contributed by atoms with van der Waals surface area (Å²) in [6.45, 7) is 5.86. The number of ether oxygens (including phenoxy) is 1. The molecule has 0 saturated heterocycles. The maximum Gasteiger partial charge on any atom is 0.344 e. The number of hydrogen-bond acceptors (Lipinski definition) is 4. The molecule has 0 saturated carbocycles. The van der Waals surface area contributed by atoms with Crippen LogP contribution in [0, 0.1) is 0 Å². The second-order valence-electron chi connectivity index (χ2n) is 6.11. The number of thiol groups is 1. The minimum absolute atomic E-state index is 0.0840. The molecular formula is C16H22O5S. The van der Waals surface area contributed by atoms with Crippen LogP contribution in [-0.2, 0) is 10.2 Å². The Hall–Kier alpha value is -1.69. The number of aliphatic carboxylic acids is 1. The Labute approximate surface area is 135 Å². The Morgan fingerprint density at radius 1 is 1.23 bits per heavy atom. The minimum Gasteiger partial charge on any atom is -0.479 e. The summed E-state index contributed by atoms with van der Waals surface area (Å²) in [5.74, 6) is -1.32. The van der Waals surface area contributed by atoms with Crippen molar-refractivity contribution in [2.75, 3.05) is 5.75 Å². The van der Waals surface area contributed by atoms with E-state index in [4.69, 9.17) is 4.74 Å². The van der Waals surface area contributed by atoms with Gasteiger partial charge in [-0.05, 0) is 47.8 Å². The van der Waals surface area contributed by atoms with Crippen LogP contribution >= 0.6 is 12.6 Å². The van der Waals surface area contributed by atoms with E-state index in [1.807, 2.05) is 20.8 Å². The molecule has 1 aromatic carbocycles. The predicted molar refractivity (Wildman–Crippen MR) is 87.2 cm³/mol. The monoisotopic (exact) mass is 326 g/mol. The van der Waals surface area contributed by atoms with Crippen LogP contribution in [0.25, 0.3) is 0 Å². The minimum atomic E-state index is -1.07. The fourth-order valence-electron chi connectivity index (χ4n) is 1.90. The first-order chi connectivity index (χ1) is 10.1. The Morgan fingerprint density at radius 2 is 1.86 bits per heavy atom.